The van der Waals surface area contributed by atoms with Gasteiger partial charge >= 0.3 is 0 Å². The zero-order valence-corrected chi connectivity index (χ0v) is 12.9. The Hall–Kier alpha value is -1.07. The smallest absolute Gasteiger partial charge is 0.245 e. The van der Waals surface area contributed by atoms with Crippen LogP contribution in [0, 0.1) is 0 Å². The van der Waals surface area contributed by atoms with Crippen molar-refractivity contribution in [3.63, 3.8) is 0 Å². The monoisotopic (exact) mass is 312 g/mol. The summed E-state index contributed by atoms with van der Waals surface area (Å²) in [5, 5.41) is 0. The van der Waals surface area contributed by atoms with E-state index in [1.165, 1.54) is 11.3 Å². The molecule has 0 radical (unpaired) electrons. The molecule has 2 atom stereocenters. The van der Waals surface area contributed by atoms with Gasteiger partial charge in [-0.25, -0.2) is 0 Å². The highest BCUT2D eigenvalue weighted by Gasteiger charge is 2.40. The van der Waals surface area contributed by atoms with Gasteiger partial charge in [-0.2, -0.15) is 0 Å². The van der Waals surface area contributed by atoms with Gasteiger partial charge in [0.2, 0.25) is 11.8 Å². The molecule has 2 amide bonds. The first-order valence-electron chi connectivity index (χ1n) is 6.93. The molecule has 20 heavy (non-hydrogen) atoms. The third kappa shape index (κ3) is 2.33. The van der Waals surface area contributed by atoms with Gasteiger partial charge in [-0.15, -0.1) is 11.3 Å². The van der Waals surface area contributed by atoms with Crippen LogP contribution in [0.2, 0.25) is 4.34 Å². The largest absolute Gasteiger partial charge is 0.333 e. The third-order valence-electron chi connectivity index (χ3n) is 4.18. The quantitative estimate of drug-likeness (QED) is 0.842. The maximum atomic E-state index is 12.7. The Bertz CT molecular complexity index is 545. The van der Waals surface area contributed by atoms with Crippen LogP contribution in [0.4, 0.5) is 0 Å². The van der Waals surface area contributed by atoms with Crippen LogP contribution in [0.3, 0.4) is 0 Å². The summed E-state index contributed by atoms with van der Waals surface area (Å²) in [5.74, 6) is 0.199. The van der Waals surface area contributed by atoms with Crippen LogP contribution in [0.15, 0.2) is 12.1 Å². The molecule has 3 heterocycles. The topological polar surface area (TPSA) is 40.6 Å². The Balaban J connectivity index is 1.85. The van der Waals surface area contributed by atoms with E-state index < -0.39 is 0 Å². The lowest BCUT2D eigenvalue weighted by atomic mass is 10.1. The molecular formula is C14H17ClN2O2S. The van der Waals surface area contributed by atoms with Crippen molar-refractivity contribution in [3.05, 3.63) is 21.3 Å². The van der Waals surface area contributed by atoms with Crippen molar-refractivity contribution in [3.8, 4) is 0 Å². The molecule has 0 aromatic carbocycles. The fourth-order valence-electron chi connectivity index (χ4n) is 3.07. The van der Waals surface area contributed by atoms with Crippen LogP contribution < -0.4 is 0 Å². The van der Waals surface area contributed by atoms with E-state index in [1.807, 2.05) is 24.0 Å². The Morgan fingerprint density at radius 3 is 2.85 bits per heavy atom. The normalized spacial score (nSPS) is 24.8. The lowest BCUT2D eigenvalue weighted by Crippen LogP contribution is -2.44. The number of hydrogen-bond donors (Lipinski definition) is 0. The fraction of sp³-hybridized carbons (Fsp3) is 0.571. The maximum Gasteiger partial charge on any atom is 0.245 e. The van der Waals surface area contributed by atoms with Crippen LogP contribution >= 0.6 is 22.9 Å². The highest BCUT2D eigenvalue weighted by Crippen LogP contribution is 2.33. The average Bonchev–Trinajstić information content (AvgIpc) is 3.04. The van der Waals surface area contributed by atoms with Gasteiger partial charge in [0.25, 0.3) is 0 Å². The molecule has 2 aliphatic rings. The Morgan fingerprint density at radius 2 is 2.15 bits per heavy atom. The molecule has 0 N–H and O–H groups in total. The molecule has 1 aromatic rings. The zero-order chi connectivity index (χ0) is 14.3. The number of halogens is 1. The molecule has 1 aromatic heterocycles. The summed E-state index contributed by atoms with van der Waals surface area (Å²) >= 11 is 7.47. The number of fused-ring (bicyclic) bond motifs is 1. The summed E-state index contributed by atoms with van der Waals surface area (Å²) in [6.45, 7) is 3.23. The first-order valence-corrected chi connectivity index (χ1v) is 8.12. The summed E-state index contributed by atoms with van der Waals surface area (Å²) in [7, 11) is 0. The van der Waals surface area contributed by atoms with Crippen molar-refractivity contribution in [1.29, 1.82) is 0 Å². The predicted octanol–water partition coefficient (Wildman–Crippen LogP) is 2.69. The second kappa shape index (κ2) is 5.37. The van der Waals surface area contributed by atoms with Crippen molar-refractivity contribution in [1.82, 2.24) is 9.80 Å². The number of amides is 2. The van der Waals surface area contributed by atoms with E-state index in [0.29, 0.717) is 13.0 Å². The highest BCUT2D eigenvalue weighted by atomic mass is 35.5. The van der Waals surface area contributed by atoms with Crippen LogP contribution in [0.25, 0.3) is 0 Å². The number of hydrogen-bond acceptors (Lipinski definition) is 3. The summed E-state index contributed by atoms with van der Waals surface area (Å²) < 4.78 is 0.729. The number of thiophene rings is 1. The number of rotatable bonds is 2. The standard InChI is InChI=1S/C14H17ClN2O2S/c1-9(11-4-5-12(15)20-11)16-8-6-13(18)17-7-2-3-10(17)14(16)19/h4-5,9-10H,2-3,6-8H2,1H3. The lowest BCUT2D eigenvalue weighted by Gasteiger charge is -2.29. The summed E-state index contributed by atoms with van der Waals surface area (Å²) in [6, 6.07) is 3.55. The number of nitrogens with zero attached hydrogens (tertiary/aromatic N) is 2. The van der Waals surface area contributed by atoms with Gasteiger partial charge < -0.3 is 9.80 Å². The second-order valence-corrected chi connectivity index (χ2v) is 7.09. The van der Waals surface area contributed by atoms with E-state index in [2.05, 4.69) is 0 Å². The lowest BCUT2D eigenvalue weighted by molar-refractivity contribution is -0.140. The van der Waals surface area contributed by atoms with Gasteiger partial charge in [-0.3, -0.25) is 9.59 Å². The minimum absolute atomic E-state index is 0.0200. The van der Waals surface area contributed by atoms with E-state index >= 15 is 0 Å². The Kier molecular flexibility index (Phi) is 3.73. The molecule has 108 valence electrons. The van der Waals surface area contributed by atoms with E-state index in [-0.39, 0.29) is 23.9 Å². The SMILES string of the molecule is CC(c1ccc(Cl)s1)N1CCC(=O)N2CCCC2C1=O. The van der Waals surface area contributed by atoms with Crippen molar-refractivity contribution >= 4 is 34.8 Å². The van der Waals surface area contributed by atoms with Gasteiger partial charge in [0, 0.05) is 24.4 Å². The molecular weight excluding hydrogens is 296 g/mol. The Morgan fingerprint density at radius 1 is 1.35 bits per heavy atom. The molecule has 3 rings (SSSR count). The van der Waals surface area contributed by atoms with Gasteiger partial charge in [0.05, 0.1) is 10.4 Å². The Labute approximate surface area is 127 Å². The van der Waals surface area contributed by atoms with Crippen LogP contribution in [0.1, 0.15) is 37.1 Å². The molecule has 0 spiro atoms. The van der Waals surface area contributed by atoms with E-state index in [0.717, 1.165) is 28.6 Å². The number of carbonyl (C=O) groups excluding carboxylic acids is 2. The molecule has 0 saturated carbocycles. The van der Waals surface area contributed by atoms with Gasteiger partial charge in [-0.05, 0) is 31.9 Å². The molecule has 2 fully saturated rings. The molecule has 2 aliphatic heterocycles. The fourth-order valence-corrected chi connectivity index (χ4v) is 4.20. The molecule has 0 bridgehead atoms. The van der Waals surface area contributed by atoms with Crippen LogP contribution in [-0.4, -0.2) is 40.7 Å². The predicted molar refractivity (Wildman–Crippen MR) is 78.8 cm³/mol. The van der Waals surface area contributed by atoms with E-state index in [4.69, 9.17) is 11.6 Å². The average molecular weight is 313 g/mol. The zero-order valence-electron chi connectivity index (χ0n) is 11.3. The minimum atomic E-state index is -0.247. The van der Waals surface area contributed by atoms with Crippen molar-refractivity contribution < 1.29 is 9.59 Å². The van der Waals surface area contributed by atoms with Gasteiger partial charge in [-0.1, -0.05) is 11.6 Å². The molecule has 2 saturated heterocycles. The van der Waals surface area contributed by atoms with Gasteiger partial charge in [0.15, 0.2) is 0 Å². The molecule has 2 unspecified atom stereocenters. The summed E-state index contributed by atoms with van der Waals surface area (Å²) in [4.78, 5) is 29.5. The van der Waals surface area contributed by atoms with Crippen LogP contribution in [-0.2, 0) is 9.59 Å². The van der Waals surface area contributed by atoms with Crippen LogP contribution in [0.5, 0.6) is 0 Å². The maximum absolute atomic E-state index is 12.7. The highest BCUT2D eigenvalue weighted by molar-refractivity contribution is 7.16. The summed E-state index contributed by atoms with van der Waals surface area (Å²) in [6.07, 6.45) is 2.14. The first kappa shape index (κ1) is 13.9. The third-order valence-corrected chi connectivity index (χ3v) is 5.58. The second-order valence-electron chi connectivity index (χ2n) is 5.34. The number of carbonyl (C=O) groups is 2. The minimum Gasteiger partial charge on any atom is -0.333 e. The first-order chi connectivity index (χ1) is 9.58. The van der Waals surface area contributed by atoms with Crippen molar-refractivity contribution in [2.24, 2.45) is 0 Å². The molecule has 4 nitrogen and oxygen atoms in total. The van der Waals surface area contributed by atoms with E-state index in [9.17, 15) is 9.59 Å². The molecule has 6 heteroatoms. The van der Waals surface area contributed by atoms with E-state index in [1.54, 1.807) is 4.90 Å². The molecule has 0 aliphatic carbocycles. The van der Waals surface area contributed by atoms with Crippen molar-refractivity contribution in [2.45, 2.75) is 38.3 Å². The van der Waals surface area contributed by atoms with Crippen molar-refractivity contribution in [2.75, 3.05) is 13.1 Å². The summed E-state index contributed by atoms with van der Waals surface area (Å²) in [5.41, 5.74) is 0. The van der Waals surface area contributed by atoms with Gasteiger partial charge in [0.1, 0.15) is 6.04 Å².